The average molecular weight is 554 g/mol. The van der Waals surface area contributed by atoms with E-state index in [0.717, 1.165) is 10.0 Å². The molecule has 8 nitrogen and oxygen atoms in total. The number of nitrogens with zero attached hydrogens (tertiary/aromatic N) is 3. The number of benzene rings is 2. The number of methoxy groups -OCH3 is 3. The quantitative estimate of drug-likeness (QED) is 0.269. The van der Waals surface area contributed by atoms with Gasteiger partial charge in [-0.2, -0.15) is 0 Å². The van der Waals surface area contributed by atoms with Crippen LogP contribution in [0.5, 0.6) is 17.2 Å². The van der Waals surface area contributed by atoms with E-state index in [1.165, 1.54) is 11.8 Å². The summed E-state index contributed by atoms with van der Waals surface area (Å²) in [5, 5.41) is 12.4. The Kier molecular flexibility index (Phi) is 8.65. The molecule has 11 heteroatoms. The van der Waals surface area contributed by atoms with Crippen LogP contribution in [0, 0.1) is 0 Å². The molecule has 0 spiro atoms. The lowest BCUT2D eigenvalue weighted by Crippen LogP contribution is -2.15. The van der Waals surface area contributed by atoms with E-state index in [1.54, 1.807) is 57.7 Å². The Balaban J connectivity index is 1.84. The highest BCUT2D eigenvalue weighted by atomic mass is 79.9. The van der Waals surface area contributed by atoms with E-state index >= 15 is 0 Å². The van der Waals surface area contributed by atoms with Crippen molar-refractivity contribution >= 4 is 50.9 Å². The first-order chi connectivity index (χ1) is 15.9. The predicted molar refractivity (Wildman–Crippen MR) is 134 cm³/mol. The number of nitrogens with one attached hydrogen (secondary N) is 1. The molecule has 0 atom stereocenters. The fourth-order valence-electron chi connectivity index (χ4n) is 3.02. The second-order valence-corrected chi connectivity index (χ2v) is 8.85. The van der Waals surface area contributed by atoms with E-state index in [9.17, 15) is 4.79 Å². The summed E-state index contributed by atoms with van der Waals surface area (Å²) in [6.45, 7) is 4.27. The molecule has 1 amide bonds. The zero-order valence-electron chi connectivity index (χ0n) is 18.2. The largest absolute Gasteiger partial charge is 0.493 e. The summed E-state index contributed by atoms with van der Waals surface area (Å²) in [4.78, 5) is 12.5. The van der Waals surface area contributed by atoms with Crippen molar-refractivity contribution in [2.45, 2.75) is 11.7 Å². The van der Waals surface area contributed by atoms with Gasteiger partial charge in [0.15, 0.2) is 22.5 Å². The van der Waals surface area contributed by atoms with E-state index in [-0.39, 0.29) is 11.7 Å². The number of rotatable bonds is 10. The maximum absolute atomic E-state index is 12.5. The molecule has 3 rings (SSSR count). The van der Waals surface area contributed by atoms with Gasteiger partial charge in [0.2, 0.25) is 11.7 Å². The Hall–Kier alpha value is -2.69. The predicted octanol–water partition coefficient (Wildman–Crippen LogP) is 5.30. The van der Waals surface area contributed by atoms with Gasteiger partial charge in [-0.15, -0.1) is 16.8 Å². The third-order valence-corrected chi connectivity index (χ3v) is 6.26. The van der Waals surface area contributed by atoms with Crippen LogP contribution in [0.4, 0.5) is 5.69 Å². The number of carbonyl (C=O) groups is 1. The summed E-state index contributed by atoms with van der Waals surface area (Å²) >= 11 is 10.8. The molecule has 2 aromatic carbocycles. The van der Waals surface area contributed by atoms with E-state index < -0.39 is 0 Å². The maximum Gasteiger partial charge on any atom is 0.234 e. The fourth-order valence-corrected chi connectivity index (χ4v) is 4.49. The second kappa shape index (κ2) is 11.4. The number of aromatic nitrogens is 3. The number of ether oxygens (including phenoxy) is 3. The van der Waals surface area contributed by atoms with Crippen LogP contribution in [-0.4, -0.2) is 47.8 Å². The van der Waals surface area contributed by atoms with Gasteiger partial charge in [0, 0.05) is 16.6 Å². The number of thioether (sulfide) groups is 1. The maximum atomic E-state index is 12.5. The summed E-state index contributed by atoms with van der Waals surface area (Å²) in [5.41, 5.74) is 1.26. The molecule has 174 valence electrons. The molecule has 0 fully saturated rings. The van der Waals surface area contributed by atoms with Crippen LogP contribution < -0.4 is 19.5 Å². The van der Waals surface area contributed by atoms with E-state index in [0.29, 0.717) is 45.5 Å². The molecular formula is C22H22BrClN4O4S. The van der Waals surface area contributed by atoms with Crippen molar-refractivity contribution < 1.29 is 19.0 Å². The van der Waals surface area contributed by atoms with Crippen LogP contribution >= 0.6 is 39.3 Å². The Morgan fingerprint density at radius 1 is 1.18 bits per heavy atom. The fraction of sp³-hybridized carbons (Fsp3) is 0.227. The first kappa shape index (κ1) is 24.9. The Morgan fingerprint density at radius 2 is 1.88 bits per heavy atom. The van der Waals surface area contributed by atoms with Crippen molar-refractivity contribution in [3.8, 4) is 28.6 Å². The molecule has 3 aromatic rings. The van der Waals surface area contributed by atoms with Crippen molar-refractivity contribution in [1.82, 2.24) is 14.8 Å². The highest BCUT2D eigenvalue weighted by molar-refractivity contribution is 9.10. The number of halogens is 2. The zero-order valence-corrected chi connectivity index (χ0v) is 21.4. The summed E-state index contributed by atoms with van der Waals surface area (Å²) in [6.07, 6.45) is 1.73. The highest BCUT2D eigenvalue weighted by Gasteiger charge is 2.20. The minimum absolute atomic E-state index is 0.122. The molecule has 1 N–H and O–H groups in total. The molecule has 1 heterocycles. The van der Waals surface area contributed by atoms with Gasteiger partial charge in [-0.05, 0) is 30.3 Å². The molecule has 0 aliphatic carbocycles. The Morgan fingerprint density at radius 3 is 2.45 bits per heavy atom. The van der Waals surface area contributed by atoms with Gasteiger partial charge in [0.25, 0.3) is 0 Å². The van der Waals surface area contributed by atoms with Gasteiger partial charge < -0.3 is 19.5 Å². The molecule has 1 aromatic heterocycles. The summed E-state index contributed by atoms with van der Waals surface area (Å²) in [6, 6.07) is 8.84. The second-order valence-electron chi connectivity index (χ2n) is 6.58. The van der Waals surface area contributed by atoms with Gasteiger partial charge in [-0.3, -0.25) is 9.36 Å². The van der Waals surface area contributed by atoms with Gasteiger partial charge in [0.05, 0.1) is 37.8 Å². The highest BCUT2D eigenvalue weighted by Crippen LogP contribution is 2.41. The molecule has 0 saturated heterocycles. The molecule has 0 aliphatic heterocycles. The minimum Gasteiger partial charge on any atom is -0.493 e. The van der Waals surface area contributed by atoms with Crippen molar-refractivity contribution in [2.75, 3.05) is 32.4 Å². The lowest BCUT2D eigenvalue weighted by atomic mass is 10.1. The average Bonchev–Trinajstić information content (AvgIpc) is 3.21. The topological polar surface area (TPSA) is 87.5 Å². The smallest absolute Gasteiger partial charge is 0.234 e. The molecule has 0 aliphatic rings. The van der Waals surface area contributed by atoms with Gasteiger partial charge in [0.1, 0.15) is 0 Å². The molecule has 0 radical (unpaired) electrons. The third-order valence-electron chi connectivity index (χ3n) is 4.49. The third kappa shape index (κ3) is 5.82. The Labute approximate surface area is 209 Å². The van der Waals surface area contributed by atoms with Crippen molar-refractivity contribution in [1.29, 1.82) is 0 Å². The van der Waals surface area contributed by atoms with Gasteiger partial charge in [-0.1, -0.05) is 45.4 Å². The van der Waals surface area contributed by atoms with Gasteiger partial charge in [-0.25, -0.2) is 0 Å². The minimum atomic E-state index is -0.216. The number of anilines is 1. The van der Waals surface area contributed by atoms with Crippen LogP contribution in [0.1, 0.15) is 0 Å². The Bertz CT molecular complexity index is 1150. The normalized spacial score (nSPS) is 10.6. The monoisotopic (exact) mass is 552 g/mol. The zero-order chi connectivity index (χ0) is 24.0. The SMILES string of the molecule is C=CCn1c(SCC(=O)Nc2ccc(Br)cc2Cl)nnc1-c1cc(OC)c(OC)c(OC)c1. The first-order valence-corrected chi connectivity index (χ1v) is 11.8. The van der Waals surface area contributed by atoms with Crippen molar-refractivity contribution in [2.24, 2.45) is 0 Å². The van der Waals surface area contributed by atoms with Crippen LogP contribution in [-0.2, 0) is 11.3 Å². The van der Waals surface area contributed by atoms with E-state index in [4.69, 9.17) is 25.8 Å². The number of allylic oxidation sites excluding steroid dienone is 1. The van der Waals surface area contributed by atoms with Crippen LogP contribution in [0.15, 0.2) is 52.6 Å². The van der Waals surface area contributed by atoms with E-state index in [1.807, 2.05) is 4.57 Å². The van der Waals surface area contributed by atoms with Crippen LogP contribution in [0.3, 0.4) is 0 Å². The first-order valence-electron chi connectivity index (χ1n) is 9.64. The number of hydrogen-bond donors (Lipinski definition) is 1. The molecule has 0 bridgehead atoms. The van der Waals surface area contributed by atoms with E-state index in [2.05, 4.69) is 38.0 Å². The van der Waals surface area contributed by atoms with Crippen LogP contribution in [0.2, 0.25) is 5.02 Å². The standard InChI is InChI=1S/C22H22BrClN4O4S/c1-5-8-28-21(13-9-17(30-2)20(32-4)18(10-13)31-3)26-27-22(28)33-12-19(29)25-16-7-6-14(23)11-15(16)24/h5-7,9-11H,1,8,12H2,2-4H3,(H,25,29). The van der Waals surface area contributed by atoms with Crippen molar-refractivity contribution in [3.63, 3.8) is 0 Å². The number of carbonyl (C=O) groups excluding carboxylic acids is 1. The van der Waals surface area contributed by atoms with Crippen LogP contribution in [0.25, 0.3) is 11.4 Å². The number of amides is 1. The summed E-state index contributed by atoms with van der Waals surface area (Å²) < 4.78 is 19.0. The lowest BCUT2D eigenvalue weighted by molar-refractivity contribution is -0.113. The molecule has 33 heavy (non-hydrogen) atoms. The number of hydrogen-bond acceptors (Lipinski definition) is 7. The summed E-state index contributed by atoms with van der Waals surface area (Å²) in [5.74, 6) is 1.97. The molecule has 0 unspecified atom stereocenters. The lowest BCUT2D eigenvalue weighted by Gasteiger charge is -2.14. The molecular weight excluding hydrogens is 532 g/mol. The summed E-state index contributed by atoms with van der Waals surface area (Å²) in [7, 11) is 4.64. The molecule has 0 saturated carbocycles. The van der Waals surface area contributed by atoms with Crippen molar-refractivity contribution in [3.05, 3.63) is 52.5 Å². The van der Waals surface area contributed by atoms with Gasteiger partial charge >= 0.3 is 0 Å².